The lowest BCUT2D eigenvalue weighted by Crippen LogP contribution is -2.30. The zero-order chi connectivity index (χ0) is 14.6. The highest BCUT2D eigenvalue weighted by Gasteiger charge is 2.17. The van der Waals surface area contributed by atoms with Crippen molar-refractivity contribution in [2.24, 2.45) is 5.92 Å². The van der Waals surface area contributed by atoms with Crippen LogP contribution in [0.2, 0.25) is 0 Å². The summed E-state index contributed by atoms with van der Waals surface area (Å²) < 4.78 is 2.20. The van der Waals surface area contributed by atoms with Gasteiger partial charge >= 0.3 is 0 Å². The minimum atomic E-state index is 0.235. The second-order valence-electron chi connectivity index (χ2n) is 5.66. The Morgan fingerprint density at radius 3 is 2.47 bits per heavy atom. The zero-order valence-corrected chi connectivity index (χ0v) is 13.3. The Bertz CT molecular complexity index is 434. The van der Waals surface area contributed by atoms with Crippen LogP contribution in [0.1, 0.15) is 48.9 Å². The van der Waals surface area contributed by atoms with Crippen molar-refractivity contribution in [3.05, 3.63) is 23.0 Å². The van der Waals surface area contributed by atoms with Gasteiger partial charge in [0.05, 0.1) is 6.54 Å². The number of likely N-dealkylation sites (N-methyl/N-ethyl adjacent to an activating group) is 1. The molecule has 1 rings (SSSR count). The van der Waals surface area contributed by atoms with Gasteiger partial charge in [-0.1, -0.05) is 20.3 Å². The lowest BCUT2D eigenvalue weighted by Gasteiger charge is -2.19. The predicted octanol–water partition coefficient (Wildman–Crippen LogP) is 3.29. The standard InChI is InChI=1S/C16H28N2O/c1-7-12(3)10-17(6)11-16(19)15-9-13(4)18(8-2)14(15)5/h9,12H,7-8,10-11H2,1-6H3. The van der Waals surface area contributed by atoms with E-state index in [1.165, 1.54) is 5.69 Å². The van der Waals surface area contributed by atoms with Crippen molar-refractivity contribution in [1.82, 2.24) is 9.47 Å². The maximum Gasteiger partial charge on any atom is 0.178 e. The van der Waals surface area contributed by atoms with Gasteiger partial charge in [0.15, 0.2) is 5.78 Å². The van der Waals surface area contributed by atoms with Crippen molar-refractivity contribution in [2.75, 3.05) is 20.1 Å². The molecular formula is C16H28N2O. The Hall–Kier alpha value is -1.09. The average Bonchev–Trinajstić information content (AvgIpc) is 2.63. The molecular weight excluding hydrogens is 236 g/mol. The molecule has 0 amide bonds. The maximum atomic E-state index is 12.4. The van der Waals surface area contributed by atoms with Gasteiger partial charge in [0.1, 0.15) is 0 Å². The van der Waals surface area contributed by atoms with Crippen LogP contribution in [-0.4, -0.2) is 35.4 Å². The summed E-state index contributed by atoms with van der Waals surface area (Å²) in [4.78, 5) is 14.5. The van der Waals surface area contributed by atoms with Gasteiger partial charge in [0.25, 0.3) is 0 Å². The largest absolute Gasteiger partial charge is 0.349 e. The highest BCUT2D eigenvalue weighted by Crippen LogP contribution is 2.16. The van der Waals surface area contributed by atoms with E-state index in [9.17, 15) is 4.79 Å². The summed E-state index contributed by atoms with van der Waals surface area (Å²) in [6, 6.07) is 2.03. The van der Waals surface area contributed by atoms with Gasteiger partial charge in [-0.3, -0.25) is 9.69 Å². The Kier molecular flexibility index (Phi) is 5.80. The van der Waals surface area contributed by atoms with Crippen LogP contribution in [0, 0.1) is 19.8 Å². The van der Waals surface area contributed by atoms with E-state index >= 15 is 0 Å². The van der Waals surface area contributed by atoms with Crippen molar-refractivity contribution < 1.29 is 4.79 Å². The first-order valence-electron chi connectivity index (χ1n) is 7.29. The Morgan fingerprint density at radius 1 is 1.37 bits per heavy atom. The molecule has 3 nitrogen and oxygen atoms in total. The second-order valence-corrected chi connectivity index (χ2v) is 5.66. The second kappa shape index (κ2) is 6.90. The van der Waals surface area contributed by atoms with Crippen molar-refractivity contribution >= 4 is 5.78 Å². The third-order valence-corrected chi connectivity index (χ3v) is 3.92. The van der Waals surface area contributed by atoms with Crippen molar-refractivity contribution in [3.63, 3.8) is 0 Å². The summed E-state index contributed by atoms with van der Waals surface area (Å²) in [5.74, 6) is 0.875. The first kappa shape index (κ1) is 16.0. The van der Waals surface area contributed by atoms with E-state index in [1.807, 2.05) is 20.0 Å². The molecule has 0 radical (unpaired) electrons. The van der Waals surface area contributed by atoms with Gasteiger partial charge < -0.3 is 4.57 Å². The Morgan fingerprint density at radius 2 is 2.00 bits per heavy atom. The third-order valence-electron chi connectivity index (χ3n) is 3.92. The molecule has 3 heteroatoms. The summed E-state index contributed by atoms with van der Waals surface area (Å²) in [5, 5.41) is 0. The number of carbonyl (C=O) groups excluding carboxylic acids is 1. The molecule has 1 aromatic heterocycles. The number of Topliss-reactive ketones (excluding diaryl/α,β-unsaturated/α-hetero) is 1. The number of ketones is 1. The summed E-state index contributed by atoms with van der Waals surface area (Å²) in [5.41, 5.74) is 3.16. The van der Waals surface area contributed by atoms with Crippen LogP contribution in [0.3, 0.4) is 0 Å². The van der Waals surface area contributed by atoms with Gasteiger partial charge in [0, 0.05) is 30.0 Å². The third kappa shape index (κ3) is 3.93. The van der Waals surface area contributed by atoms with Gasteiger partial charge in [-0.15, -0.1) is 0 Å². The zero-order valence-electron chi connectivity index (χ0n) is 13.3. The molecule has 1 atom stereocenters. The molecule has 0 aliphatic rings. The molecule has 0 saturated heterocycles. The number of hydrogen-bond donors (Lipinski definition) is 0. The van der Waals surface area contributed by atoms with Gasteiger partial charge in [-0.25, -0.2) is 0 Å². The van der Waals surface area contributed by atoms with Crippen LogP contribution in [0.4, 0.5) is 0 Å². The fraction of sp³-hybridized carbons (Fsp3) is 0.688. The fourth-order valence-corrected chi connectivity index (χ4v) is 2.63. The van der Waals surface area contributed by atoms with E-state index in [-0.39, 0.29) is 5.78 Å². The highest BCUT2D eigenvalue weighted by molar-refractivity contribution is 5.99. The van der Waals surface area contributed by atoms with Crippen LogP contribution < -0.4 is 0 Å². The molecule has 0 aliphatic carbocycles. The van der Waals surface area contributed by atoms with E-state index in [2.05, 4.69) is 37.2 Å². The number of aryl methyl sites for hydroxylation is 1. The Balaban J connectivity index is 2.73. The topological polar surface area (TPSA) is 25.2 Å². The smallest absolute Gasteiger partial charge is 0.178 e. The van der Waals surface area contributed by atoms with E-state index in [1.54, 1.807) is 0 Å². The van der Waals surface area contributed by atoms with Crippen LogP contribution >= 0.6 is 0 Å². The van der Waals surface area contributed by atoms with Crippen LogP contribution in [0.25, 0.3) is 0 Å². The normalized spacial score (nSPS) is 13.0. The first-order chi connectivity index (χ1) is 8.90. The lowest BCUT2D eigenvalue weighted by atomic mass is 10.1. The molecule has 0 aromatic carbocycles. The fourth-order valence-electron chi connectivity index (χ4n) is 2.63. The van der Waals surface area contributed by atoms with E-state index < -0.39 is 0 Å². The minimum absolute atomic E-state index is 0.235. The quantitative estimate of drug-likeness (QED) is 0.706. The van der Waals surface area contributed by atoms with Gasteiger partial charge in [0.2, 0.25) is 0 Å². The van der Waals surface area contributed by atoms with Gasteiger partial charge in [-0.05, 0) is 39.8 Å². The van der Waals surface area contributed by atoms with E-state index in [0.717, 1.165) is 30.8 Å². The Labute approximate surface area is 117 Å². The molecule has 1 unspecified atom stereocenters. The first-order valence-corrected chi connectivity index (χ1v) is 7.29. The predicted molar refractivity (Wildman–Crippen MR) is 80.9 cm³/mol. The molecule has 19 heavy (non-hydrogen) atoms. The van der Waals surface area contributed by atoms with Crippen LogP contribution in [-0.2, 0) is 6.54 Å². The number of aromatic nitrogens is 1. The van der Waals surface area contributed by atoms with Crippen LogP contribution in [0.15, 0.2) is 6.07 Å². The van der Waals surface area contributed by atoms with Crippen molar-refractivity contribution in [2.45, 2.75) is 47.6 Å². The maximum absolute atomic E-state index is 12.4. The summed E-state index contributed by atoms with van der Waals surface area (Å²) >= 11 is 0. The number of carbonyl (C=O) groups is 1. The number of hydrogen-bond acceptors (Lipinski definition) is 2. The van der Waals surface area contributed by atoms with E-state index in [4.69, 9.17) is 0 Å². The molecule has 108 valence electrons. The molecule has 0 spiro atoms. The summed E-state index contributed by atoms with van der Waals surface area (Å²) in [7, 11) is 2.03. The molecule has 0 N–H and O–H groups in total. The minimum Gasteiger partial charge on any atom is -0.349 e. The molecule has 0 bridgehead atoms. The molecule has 0 saturated carbocycles. The lowest BCUT2D eigenvalue weighted by molar-refractivity contribution is 0.0938. The molecule has 0 aliphatic heterocycles. The molecule has 1 heterocycles. The summed E-state index contributed by atoms with van der Waals surface area (Å²) in [6.07, 6.45) is 1.16. The highest BCUT2D eigenvalue weighted by atomic mass is 16.1. The molecule has 1 aromatic rings. The SMILES string of the molecule is CCC(C)CN(C)CC(=O)c1cc(C)n(CC)c1C. The van der Waals surface area contributed by atoms with E-state index in [0.29, 0.717) is 12.5 Å². The van der Waals surface area contributed by atoms with Crippen LogP contribution in [0.5, 0.6) is 0 Å². The van der Waals surface area contributed by atoms with Crippen molar-refractivity contribution in [1.29, 1.82) is 0 Å². The van der Waals surface area contributed by atoms with Gasteiger partial charge in [-0.2, -0.15) is 0 Å². The summed E-state index contributed by atoms with van der Waals surface area (Å²) in [6.45, 7) is 13.1. The monoisotopic (exact) mass is 264 g/mol. The number of nitrogens with zero attached hydrogens (tertiary/aromatic N) is 2. The number of rotatable bonds is 7. The average molecular weight is 264 g/mol. The van der Waals surface area contributed by atoms with Crippen molar-refractivity contribution in [3.8, 4) is 0 Å². The molecule has 0 fully saturated rings.